The maximum Gasteiger partial charge on any atom is 0.257 e. The molecular formula is C25H27F2N3O5. The zero-order valence-corrected chi connectivity index (χ0v) is 19.5. The molecule has 1 saturated heterocycles. The van der Waals surface area contributed by atoms with Crippen molar-refractivity contribution in [2.24, 2.45) is 0 Å². The van der Waals surface area contributed by atoms with E-state index in [1.807, 2.05) is 6.92 Å². The highest BCUT2D eigenvalue weighted by atomic mass is 19.2. The number of fused-ring (bicyclic) bond motifs is 2. The van der Waals surface area contributed by atoms with Gasteiger partial charge >= 0.3 is 0 Å². The van der Waals surface area contributed by atoms with Crippen molar-refractivity contribution in [3.8, 4) is 5.75 Å². The molecule has 2 N–H and O–H groups in total. The SMILES string of the molecule is CCNC(=O)C[C@H]1CC[C@H]2[C@H](COc3ccc(NC(=O)c4ccc(F)c(F)c4)cc3C(=O)N2C)O1. The smallest absolute Gasteiger partial charge is 0.257 e. The molecule has 0 bridgehead atoms. The van der Waals surface area contributed by atoms with E-state index in [2.05, 4.69) is 10.6 Å². The van der Waals surface area contributed by atoms with Crippen LogP contribution in [0, 0.1) is 11.6 Å². The summed E-state index contributed by atoms with van der Waals surface area (Å²) in [6.45, 7) is 2.61. The van der Waals surface area contributed by atoms with E-state index in [0.29, 0.717) is 30.8 Å². The molecule has 2 aromatic carbocycles. The molecule has 0 saturated carbocycles. The molecule has 0 aliphatic carbocycles. The van der Waals surface area contributed by atoms with Gasteiger partial charge in [0.15, 0.2) is 11.6 Å². The van der Waals surface area contributed by atoms with Crippen molar-refractivity contribution in [1.29, 1.82) is 0 Å². The molecule has 0 aromatic heterocycles. The van der Waals surface area contributed by atoms with Crippen LogP contribution >= 0.6 is 0 Å². The standard InChI is InChI=1S/C25H27F2N3O5/c1-3-28-23(31)12-16-6-8-20-22(35-16)13-34-21-9-5-15(11-17(21)25(33)30(20)2)29-24(32)14-4-7-18(26)19(27)10-14/h4-5,7,9-11,16,20,22H,3,6,8,12-13H2,1-2H3,(H,28,31)(H,29,32)/t16-,20+,22+/m1/s1. The summed E-state index contributed by atoms with van der Waals surface area (Å²) in [5.41, 5.74) is 0.515. The molecule has 10 heteroatoms. The first-order valence-electron chi connectivity index (χ1n) is 11.5. The maximum atomic E-state index is 13.5. The van der Waals surface area contributed by atoms with E-state index in [9.17, 15) is 23.2 Å². The van der Waals surface area contributed by atoms with E-state index in [1.165, 1.54) is 12.1 Å². The van der Waals surface area contributed by atoms with Crippen molar-refractivity contribution in [3.63, 3.8) is 0 Å². The van der Waals surface area contributed by atoms with Gasteiger partial charge in [0, 0.05) is 24.8 Å². The third-order valence-corrected chi connectivity index (χ3v) is 6.24. The molecular weight excluding hydrogens is 460 g/mol. The van der Waals surface area contributed by atoms with Crippen LogP contribution in [0.1, 0.15) is 46.9 Å². The lowest BCUT2D eigenvalue weighted by Gasteiger charge is -2.42. The molecule has 3 amide bonds. The summed E-state index contributed by atoms with van der Waals surface area (Å²) in [6.07, 6.45) is 0.905. The van der Waals surface area contributed by atoms with Gasteiger partial charge in [-0.15, -0.1) is 0 Å². The molecule has 3 atom stereocenters. The van der Waals surface area contributed by atoms with Crippen LogP contribution < -0.4 is 15.4 Å². The van der Waals surface area contributed by atoms with E-state index in [0.717, 1.165) is 12.1 Å². The van der Waals surface area contributed by atoms with Crippen LogP contribution in [0.15, 0.2) is 36.4 Å². The minimum atomic E-state index is -1.13. The van der Waals surface area contributed by atoms with Gasteiger partial charge in [0.2, 0.25) is 5.91 Å². The Labute approximate surface area is 201 Å². The Hall–Kier alpha value is -3.53. The summed E-state index contributed by atoms with van der Waals surface area (Å²) in [5.74, 6) is -2.86. The molecule has 35 heavy (non-hydrogen) atoms. The van der Waals surface area contributed by atoms with Crippen molar-refractivity contribution in [1.82, 2.24) is 10.2 Å². The van der Waals surface area contributed by atoms with Gasteiger partial charge in [-0.1, -0.05) is 0 Å². The van der Waals surface area contributed by atoms with Crippen LogP contribution in [0.4, 0.5) is 14.5 Å². The fourth-order valence-electron chi connectivity index (χ4n) is 4.42. The molecule has 2 heterocycles. The normalized spacial score (nSPS) is 21.7. The van der Waals surface area contributed by atoms with E-state index >= 15 is 0 Å². The minimum absolute atomic E-state index is 0.0558. The number of anilines is 1. The third-order valence-electron chi connectivity index (χ3n) is 6.24. The lowest BCUT2D eigenvalue weighted by Crippen LogP contribution is -2.54. The molecule has 0 spiro atoms. The minimum Gasteiger partial charge on any atom is -0.490 e. The van der Waals surface area contributed by atoms with Crippen molar-refractivity contribution in [2.45, 2.75) is 44.4 Å². The van der Waals surface area contributed by atoms with Gasteiger partial charge in [-0.25, -0.2) is 8.78 Å². The quantitative estimate of drug-likeness (QED) is 0.676. The first kappa shape index (κ1) is 24.6. The molecule has 186 valence electrons. The Morgan fingerprint density at radius 3 is 2.66 bits per heavy atom. The second-order valence-electron chi connectivity index (χ2n) is 8.62. The number of hydrogen-bond donors (Lipinski definition) is 2. The number of carbonyl (C=O) groups excluding carboxylic acids is 3. The van der Waals surface area contributed by atoms with Crippen molar-refractivity contribution in [2.75, 3.05) is 25.5 Å². The van der Waals surface area contributed by atoms with Gasteiger partial charge in [-0.2, -0.15) is 0 Å². The number of likely N-dealkylation sites (N-methyl/N-ethyl adjacent to an activating group) is 1. The van der Waals surface area contributed by atoms with Crippen molar-refractivity contribution < 1.29 is 32.6 Å². The average Bonchev–Trinajstić information content (AvgIpc) is 2.83. The highest BCUT2D eigenvalue weighted by Crippen LogP contribution is 2.32. The monoisotopic (exact) mass is 487 g/mol. The number of ether oxygens (including phenoxy) is 2. The first-order chi connectivity index (χ1) is 16.8. The van der Waals surface area contributed by atoms with Crippen molar-refractivity contribution in [3.05, 3.63) is 59.2 Å². The number of nitrogens with zero attached hydrogens (tertiary/aromatic N) is 1. The summed E-state index contributed by atoms with van der Waals surface area (Å²) >= 11 is 0. The number of benzene rings is 2. The zero-order chi connectivity index (χ0) is 25.1. The Morgan fingerprint density at radius 1 is 1.11 bits per heavy atom. The van der Waals surface area contributed by atoms with E-state index in [1.54, 1.807) is 24.1 Å². The summed E-state index contributed by atoms with van der Waals surface area (Å²) < 4.78 is 38.7. The van der Waals surface area contributed by atoms with Crippen molar-refractivity contribution >= 4 is 23.4 Å². The van der Waals surface area contributed by atoms with Crippen LogP contribution in [0.3, 0.4) is 0 Å². The number of halogens is 2. The highest BCUT2D eigenvalue weighted by Gasteiger charge is 2.39. The zero-order valence-electron chi connectivity index (χ0n) is 19.5. The van der Waals surface area contributed by atoms with E-state index in [4.69, 9.17) is 9.47 Å². The fourth-order valence-corrected chi connectivity index (χ4v) is 4.42. The largest absolute Gasteiger partial charge is 0.490 e. The molecule has 2 aromatic rings. The van der Waals surface area contributed by atoms with Gasteiger partial charge in [0.25, 0.3) is 11.8 Å². The fraction of sp³-hybridized carbons (Fsp3) is 0.400. The predicted octanol–water partition coefficient (Wildman–Crippen LogP) is 3.12. The lowest BCUT2D eigenvalue weighted by atomic mass is 9.94. The topological polar surface area (TPSA) is 97.0 Å². The maximum absolute atomic E-state index is 13.5. The second-order valence-corrected chi connectivity index (χ2v) is 8.62. The van der Waals surface area contributed by atoms with Gasteiger partial charge in [0.05, 0.1) is 24.1 Å². The number of carbonyl (C=O) groups is 3. The van der Waals surface area contributed by atoms with Gasteiger partial charge in [-0.3, -0.25) is 14.4 Å². The molecule has 0 radical (unpaired) electrons. The summed E-state index contributed by atoms with van der Waals surface area (Å²) in [5, 5.41) is 5.37. The van der Waals surface area contributed by atoms with Gasteiger partial charge in [-0.05, 0) is 56.2 Å². The average molecular weight is 488 g/mol. The third kappa shape index (κ3) is 5.43. The van der Waals surface area contributed by atoms with Crippen LogP contribution in [-0.4, -0.2) is 61.1 Å². The van der Waals surface area contributed by atoms with Crippen LogP contribution in [-0.2, 0) is 9.53 Å². The molecule has 0 unspecified atom stereocenters. The van der Waals surface area contributed by atoms with E-state index < -0.39 is 23.6 Å². The Bertz CT molecular complexity index is 1140. The number of rotatable bonds is 5. The van der Waals surface area contributed by atoms with Crippen LogP contribution in [0.25, 0.3) is 0 Å². The lowest BCUT2D eigenvalue weighted by molar-refractivity contribution is -0.133. The first-order valence-corrected chi connectivity index (χ1v) is 11.5. The Morgan fingerprint density at radius 2 is 1.91 bits per heavy atom. The number of hydrogen-bond acceptors (Lipinski definition) is 5. The van der Waals surface area contributed by atoms with Gasteiger partial charge < -0.3 is 25.0 Å². The van der Waals surface area contributed by atoms with E-state index in [-0.39, 0.29) is 48.1 Å². The molecule has 2 aliphatic heterocycles. The highest BCUT2D eigenvalue weighted by molar-refractivity contribution is 6.05. The molecule has 1 fully saturated rings. The molecule has 2 aliphatic rings. The summed E-state index contributed by atoms with van der Waals surface area (Å²) in [7, 11) is 1.69. The van der Waals surface area contributed by atoms with Crippen LogP contribution in [0.2, 0.25) is 0 Å². The second kappa shape index (κ2) is 10.4. The number of amides is 3. The van der Waals surface area contributed by atoms with Gasteiger partial charge in [0.1, 0.15) is 18.5 Å². The number of nitrogens with one attached hydrogen (secondary N) is 2. The Kier molecular flexibility index (Phi) is 7.30. The summed E-state index contributed by atoms with van der Waals surface area (Å²) in [4.78, 5) is 39.3. The molecule has 4 rings (SSSR count). The summed E-state index contributed by atoms with van der Waals surface area (Å²) in [6, 6.07) is 7.24. The van der Waals surface area contributed by atoms with Crippen LogP contribution in [0.5, 0.6) is 5.75 Å². The Balaban J connectivity index is 1.49. The molecule has 8 nitrogen and oxygen atoms in total. The predicted molar refractivity (Wildman–Crippen MR) is 123 cm³/mol.